The Morgan fingerprint density at radius 1 is 1.35 bits per heavy atom. The Bertz CT molecular complexity index is 473. The molecule has 0 spiro atoms. The first-order valence-electron chi connectivity index (χ1n) is 7.69. The lowest BCUT2D eigenvalue weighted by molar-refractivity contribution is -0.117. The molecular formula is C14H25Cl2N5O2. The van der Waals surface area contributed by atoms with Gasteiger partial charge in [-0.05, 0) is 19.4 Å². The first kappa shape index (κ1) is 20.2. The molecule has 23 heavy (non-hydrogen) atoms. The normalized spacial score (nSPS) is 21.3. The summed E-state index contributed by atoms with van der Waals surface area (Å²) in [7, 11) is 0. The van der Waals surface area contributed by atoms with Crippen LogP contribution in [-0.4, -0.2) is 66.0 Å². The Labute approximate surface area is 148 Å². The average Bonchev–Trinajstić information content (AvgIpc) is 3.18. The van der Waals surface area contributed by atoms with Crippen molar-refractivity contribution in [2.24, 2.45) is 0 Å². The van der Waals surface area contributed by atoms with Gasteiger partial charge >= 0.3 is 0 Å². The molecule has 1 unspecified atom stereocenters. The van der Waals surface area contributed by atoms with E-state index < -0.39 is 0 Å². The summed E-state index contributed by atoms with van der Waals surface area (Å²) in [5.41, 5.74) is 0. The highest BCUT2D eigenvalue weighted by Crippen LogP contribution is 2.09. The lowest BCUT2D eigenvalue weighted by atomic mass is 10.2. The maximum absolute atomic E-state index is 12.0. The van der Waals surface area contributed by atoms with Crippen molar-refractivity contribution in [3.8, 4) is 0 Å². The molecule has 1 amide bonds. The van der Waals surface area contributed by atoms with Crippen LogP contribution in [0.4, 0.5) is 5.82 Å². The summed E-state index contributed by atoms with van der Waals surface area (Å²) in [6, 6.07) is 1.79. The van der Waals surface area contributed by atoms with Crippen molar-refractivity contribution in [2.45, 2.75) is 25.4 Å². The van der Waals surface area contributed by atoms with Gasteiger partial charge in [-0.3, -0.25) is 14.4 Å². The number of morpholine rings is 1. The molecule has 1 aromatic rings. The third-order valence-corrected chi connectivity index (χ3v) is 4.02. The van der Waals surface area contributed by atoms with Crippen LogP contribution in [0.15, 0.2) is 12.3 Å². The van der Waals surface area contributed by atoms with Gasteiger partial charge in [0, 0.05) is 31.9 Å². The zero-order chi connectivity index (χ0) is 14.5. The Morgan fingerprint density at radius 3 is 2.83 bits per heavy atom. The maximum atomic E-state index is 12.0. The maximum Gasteiger partial charge on any atom is 0.242 e. The second kappa shape index (κ2) is 10.1. The minimum Gasteiger partial charge on any atom is -0.379 e. The molecule has 0 radical (unpaired) electrons. The summed E-state index contributed by atoms with van der Waals surface area (Å²) in [5, 5.41) is 10.5. The van der Waals surface area contributed by atoms with E-state index in [9.17, 15) is 4.79 Å². The van der Waals surface area contributed by atoms with Gasteiger partial charge in [0.15, 0.2) is 5.82 Å². The summed E-state index contributed by atoms with van der Waals surface area (Å²) >= 11 is 0. The van der Waals surface area contributed by atoms with Gasteiger partial charge in [-0.25, -0.2) is 0 Å². The SMILES string of the molecule is Cl.Cl.O=C(Nc1ccn(CCN2CCOCC2)n1)C1CCCN1. The fourth-order valence-corrected chi connectivity index (χ4v) is 2.74. The quantitative estimate of drug-likeness (QED) is 0.805. The summed E-state index contributed by atoms with van der Waals surface area (Å²) < 4.78 is 7.21. The standard InChI is InChI=1S/C14H23N5O2.2ClH/c20-14(12-2-1-4-15-12)16-13-3-5-19(17-13)7-6-18-8-10-21-11-9-18;;/h3,5,12,15H,1-2,4,6-11H2,(H,16,17,20);2*1H. The summed E-state index contributed by atoms with van der Waals surface area (Å²) in [4.78, 5) is 14.4. The van der Waals surface area contributed by atoms with Crippen molar-refractivity contribution >= 4 is 36.5 Å². The largest absolute Gasteiger partial charge is 0.379 e. The van der Waals surface area contributed by atoms with Crippen molar-refractivity contribution in [3.63, 3.8) is 0 Å². The van der Waals surface area contributed by atoms with Crippen molar-refractivity contribution in [2.75, 3.05) is 44.7 Å². The fraction of sp³-hybridized carbons (Fsp3) is 0.714. The molecule has 2 saturated heterocycles. The number of nitrogens with one attached hydrogen (secondary N) is 2. The highest BCUT2D eigenvalue weighted by Gasteiger charge is 2.22. The third kappa shape index (κ3) is 5.93. The number of nitrogens with zero attached hydrogens (tertiary/aromatic N) is 3. The number of anilines is 1. The molecule has 9 heteroatoms. The minimum absolute atomic E-state index is 0. The molecule has 0 saturated carbocycles. The first-order valence-corrected chi connectivity index (χ1v) is 7.69. The Balaban J connectivity index is 0.00000132. The van der Waals surface area contributed by atoms with E-state index in [0.717, 1.165) is 58.8 Å². The van der Waals surface area contributed by atoms with Crippen LogP contribution >= 0.6 is 24.8 Å². The van der Waals surface area contributed by atoms with E-state index in [2.05, 4.69) is 20.6 Å². The monoisotopic (exact) mass is 365 g/mol. The van der Waals surface area contributed by atoms with Gasteiger partial charge in [-0.1, -0.05) is 0 Å². The van der Waals surface area contributed by atoms with E-state index in [1.54, 1.807) is 0 Å². The summed E-state index contributed by atoms with van der Waals surface area (Å²) in [5.74, 6) is 0.654. The topological polar surface area (TPSA) is 71.4 Å². The summed E-state index contributed by atoms with van der Waals surface area (Å²) in [6.07, 6.45) is 3.88. The molecule has 1 atom stereocenters. The number of hydrogen-bond donors (Lipinski definition) is 2. The Hall–Kier alpha value is -0.860. The van der Waals surface area contributed by atoms with Crippen LogP contribution in [-0.2, 0) is 16.1 Å². The second-order valence-electron chi connectivity index (χ2n) is 5.56. The molecule has 3 rings (SSSR count). The van der Waals surface area contributed by atoms with Crippen LogP contribution < -0.4 is 10.6 Å². The molecule has 0 aromatic carbocycles. The fourth-order valence-electron chi connectivity index (χ4n) is 2.74. The molecule has 2 aliphatic rings. The van der Waals surface area contributed by atoms with Crippen molar-refractivity contribution < 1.29 is 9.53 Å². The van der Waals surface area contributed by atoms with E-state index in [1.165, 1.54) is 0 Å². The van der Waals surface area contributed by atoms with Gasteiger partial charge in [0.05, 0.1) is 25.8 Å². The highest BCUT2D eigenvalue weighted by molar-refractivity contribution is 5.94. The lowest BCUT2D eigenvalue weighted by Gasteiger charge is -2.26. The molecule has 2 N–H and O–H groups in total. The van der Waals surface area contributed by atoms with Gasteiger partial charge < -0.3 is 15.4 Å². The number of halogens is 2. The van der Waals surface area contributed by atoms with E-state index >= 15 is 0 Å². The lowest BCUT2D eigenvalue weighted by Crippen LogP contribution is -2.38. The molecule has 7 nitrogen and oxygen atoms in total. The Kier molecular flexibility index (Phi) is 8.86. The number of hydrogen-bond acceptors (Lipinski definition) is 5. The zero-order valence-corrected chi connectivity index (χ0v) is 14.7. The zero-order valence-electron chi connectivity index (χ0n) is 13.1. The highest BCUT2D eigenvalue weighted by atomic mass is 35.5. The van der Waals surface area contributed by atoms with Crippen molar-refractivity contribution in [3.05, 3.63) is 12.3 Å². The van der Waals surface area contributed by atoms with Crippen LogP contribution in [0.1, 0.15) is 12.8 Å². The number of aromatic nitrogens is 2. The van der Waals surface area contributed by atoms with Gasteiger partial charge in [-0.15, -0.1) is 24.8 Å². The number of rotatable bonds is 5. The van der Waals surface area contributed by atoms with Crippen LogP contribution in [0, 0.1) is 0 Å². The van der Waals surface area contributed by atoms with E-state index in [0.29, 0.717) is 5.82 Å². The Morgan fingerprint density at radius 2 is 2.13 bits per heavy atom. The third-order valence-electron chi connectivity index (χ3n) is 4.02. The van der Waals surface area contributed by atoms with Gasteiger partial charge in [0.1, 0.15) is 0 Å². The molecule has 1 aromatic heterocycles. The van der Waals surface area contributed by atoms with E-state index in [-0.39, 0.29) is 36.8 Å². The van der Waals surface area contributed by atoms with Crippen LogP contribution in [0.2, 0.25) is 0 Å². The predicted molar refractivity (Wildman–Crippen MR) is 93.6 cm³/mol. The van der Waals surface area contributed by atoms with Crippen LogP contribution in [0.3, 0.4) is 0 Å². The number of amides is 1. The van der Waals surface area contributed by atoms with Gasteiger partial charge in [-0.2, -0.15) is 5.10 Å². The summed E-state index contributed by atoms with van der Waals surface area (Å²) in [6.45, 7) is 6.31. The van der Waals surface area contributed by atoms with E-state index in [1.807, 2.05) is 16.9 Å². The second-order valence-corrected chi connectivity index (χ2v) is 5.56. The average molecular weight is 366 g/mol. The minimum atomic E-state index is -0.0662. The number of carbonyl (C=O) groups excluding carboxylic acids is 1. The predicted octanol–water partition coefficient (Wildman–Crippen LogP) is 0.749. The first-order chi connectivity index (χ1) is 10.3. The van der Waals surface area contributed by atoms with Crippen molar-refractivity contribution in [1.29, 1.82) is 0 Å². The number of carbonyl (C=O) groups is 1. The van der Waals surface area contributed by atoms with Gasteiger partial charge in [0.25, 0.3) is 0 Å². The van der Waals surface area contributed by atoms with Crippen molar-refractivity contribution in [1.82, 2.24) is 20.0 Å². The molecule has 0 bridgehead atoms. The van der Waals surface area contributed by atoms with Crippen LogP contribution in [0.5, 0.6) is 0 Å². The molecular weight excluding hydrogens is 341 g/mol. The smallest absolute Gasteiger partial charge is 0.242 e. The number of ether oxygens (including phenoxy) is 1. The molecule has 132 valence electrons. The van der Waals surface area contributed by atoms with E-state index in [4.69, 9.17) is 4.74 Å². The molecule has 2 aliphatic heterocycles. The van der Waals surface area contributed by atoms with Crippen LogP contribution in [0.25, 0.3) is 0 Å². The molecule has 0 aliphatic carbocycles. The van der Waals surface area contributed by atoms with Gasteiger partial charge in [0.2, 0.25) is 5.91 Å². The molecule has 3 heterocycles. The molecule has 2 fully saturated rings.